The van der Waals surface area contributed by atoms with Gasteiger partial charge in [-0.25, -0.2) is 4.57 Å². The number of carbonyl (C=O) groups is 2. The highest BCUT2D eigenvalue weighted by molar-refractivity contribution is 7.47. The van der Waals surface area contributed by atoms with E-state index in [0.29, 0.717) is 32.1 Å². The van der Waals surface area contributed by atoms with Crippen molar-refractivity contribution < 1.29 is 52.9 Å². The molecule has 0 heterocycles. The van der Waals surface area contributed by atoms with Crippen LogP contribution in [-0.2, 0) is 32.7 Å². The molecule has 11 nitrogen and oxygen atoms in total. The lowest BCUT2D eigenvalue weighted by Gasteiger charge is -2.20. The number of hydrogen-bond donors (Lipinski definition) is 4. The lowest BCUT2D eigenvalue weighted by molar-refractivity contribution is -0.161. The van der Waals surface area contributed by atoms with E-state index < -0.39 is 57.9 Å². The molecular weight excluding hydrogens is 759 g/mol. The summed E-state index contributed by atoms with van der Waals surface area (Å²) in [5.74, 6) is -1.07. The molecule has 58 heavy (non-hydrogen) atoms. The van der Waals surface area contributed by atoms with Gasteiger partial charge in [0, 0.05) is 12.8 Å². The Labute approximate surface area is 349 Å². The fourth-order valence-electron chi connectivity index (χ4n) is 5.00. The van der Waals surface area contributed by atoms with Gasteiger partial charge in [0.05, 0.1) is 25.9 Å². The number of phosphoric acid groups is 1. The van der Waals surface area contributed by atoms with Crippen LogP contribution in [0.25, 0.3) is 0 Å². The summed E-state index contributed by atoms with van der Waals surface area (Å²) in [7, 11) is -4.66. The van der Waals surface area contributed by atoms with Gasteiger partial charge in [-0.15, -0.1) is 0 Å². The van der Waals surface area contributed by atoms with Crippen molar-refractivity contribution in [2.24, 2.45) is 0 Å². The van der Waals surface area contributed by atoms with Crippen LogP contribution < -0.4 is 0 Å². The summed E-state index contributed by atoms with van der Waals surface area (Å²) in [6.07, 6.45) is 45.5. The van der Waals surface area contributed by atoms with Crippen LogP contribution in [-0.4, -0.2) is 76.9 Å². The van der Waals surface area contributed by atoms with Crippen LogP contribution in [0.2, 0.25) is 0 Å². The van der Waals surface area contributed by atoms with Crippen LogP contribution >= 0.6 is 7.82 Å². The Hall–Kier alpha value is -3.15. The van der Waals surface area contributed by atoms with Crippen molar-refractivity contribution in [1.29, 1.82) is 0 Å². The van der Waals surface area contributed by atoms with E-state index in [9.17, 15) is 29.3 Å². The first kappa shape index (κ1) is 54.9. The van der Waals surface area contributed by atoms with Crippen molar-refractivity contribution in [2.75, 3.05) is 26.4 Å². The Balaban J connectivity index is 4.53. The molecule has 0 saturated carbocycles. The van der Waals surface area contributed by atoms with Crippen LogP contribution in [0.15, 0.2) is 97.2 Å². The minimum absolute atomic E-state index is 0.122. The highest BCUT2D eigenvalue weighted by Crippen LogP contribution is 2.43. The summed E-state index contributed by atoms with van der Waals surface area (Å²) in [5.41, 5.74) is 0. The first-order valence-electron chi connectivity index (χ1n) is 21.3. The molecule has 1 unspecified atom stereocenters. The number of unbranched alkanes of at least 4 members (excludes halogenated alkanes) is 8. The molecule has 330 valence electrons. The normalized spacial score (nSPS) is 15.3. The summed E-state index contributed by atoms with van der Waals surface area (Å²) in [6, 6.07) is 0. The molecule has 4 atom stereocenters. The van der Waals surface area contributed by atoms with Crippen molar-refractivity contribution in [2.45, 2.75) is 154 Å². The molecule has 0 aromatic carbocycles. The van der Waals surface area contributed by atoms with Crippen molar-refractivity contribution in [3.8, 4) is 0 Å². The highest BCUT2D eigenvalue weighted by Gasteiger charge is 2.27. The number of hydrogen-bond acceptors (Lipinski definition) is 10. The zero-order chi connectivity index (χ0) is 42.8. The molecule has 0 rings (SSSR count). The van der Waals surface area contributed by atoms with Crippen LogP contribution in [0.1, 0.15) is 136 Å². The average molecular weight is 835 g/mol. The molecule has 0 aliphatic heterocycles. The number of rotatable bonds is 38. The molecule has 0 aromatic rings. The second-order valence-corrected chi connectivity index (χ2v) is 15.3. The van der Waals surface area contributed by atoms with E-state index in [1.165, 1.54) is 19.3 Å². The second kappa shape index (κ2) is 40.6. The van der Waals surface area contributed by atoms with E-state index in [0.717, 1.165) is 57.8 Å². The van der Waals surface area contributed by atoms with E-state index in [1.54, 1.807) is 6.08 Å². The predicted molar refractivity (Wildman–Crippen MR) is 234 cm³/mol. The lowest BCUT2D eigenvalue weighted by atomic mass is 10.1. The number of phosphoric ester groups is 1. The highest BCUT2D eigenvalue weighted by atomic mass is 31.2. The van der Waals surface area contributed by atoms with E-state index in [1.807, 2.05) is 36.5 Å². The van der Waals surface area contributed by atoms with E-state index in [4.69, 9.17) is 19.1 Å². The monoisotopic (exact) mass is 835 g/mol. The fourth-order valence-corrected chi connectivity index (χ4v) is 5.79. The van der Waals surface area contributed by atoms with Gasteiger partial charge in [-0.2, -0.15) is 0 Å². The minimum Gasteiger partial charge on any atom is -0.462 e. The van der Waals surface area contributed by atoms with Gasteiger partial charge in [0.25, 0.3) is 0 Å². The van der Waals surface area contributed by atoms with Gasteiger partial charge in [0.2, 0.25) is 0 Å². The van der Waals surface area contributed by atoms with Crippen molar-refractivity contribution in [1.82, 2.24) is 0 Å². The van der Waals surface area contributed by atoms with Crippen molar-refractivity contribution >= 4 is 19.8 Å². The maximum atomic E-state index is 12.6. The molecule has 0 aliphatic rings. The third-order valence-electron chi connectivity index (χ3n) is 8.30. The standard InChI is InChI=1S/C46H75O11P/c1-3-5-7-9-11-12-13-14-15-16-17-18-19-20-25-29-33-37-46(51)57-44(41-56-58(52,53)55-39-43(49)38-47)40-54-45(50)36-32-28-24-22-21-23-27-31-35-42(48)34-30-26-10-8-6-4-2/h5,7,11-12,14-15,17-18,22-24,26-27,30-31,35,42-44,47-49H,3-4,6,8-10,13,16,19-21,25,28-29,32-34,36-41H2,1-2H3,(H,52,53)/b7-5-,12-11-,15-14-,18-17-,24-22-,27-23-,30-26-,35-31+/t42-,43+,44-/m1/s1. The SMILES string of the molecule is CC/C=C\C/C=C\C/C=C\C/C=C\CCCCCCC(=O)O[C@H](COC(=O)CCC/C=C\C/C=C\C=C\[C@H](O)C/C=C\CCCCC)COP(=O)(O)OC[C@@H](O)CO. The number of esters is 2. The largest absolute Gasteiger partial charge is 0.472 e. The first-order chi connectivity index (χ1) is 28.1. The van der Waals surface area contributed by atoms with Gasteiger partial charge >= 0.3 is 19.8 Å². The van der Waals surface area contributed by atoms with Gasteiger partial charge in [-0.1, -0.05) is 137 Å². The number of aliphatic hydroxyl groups is 3. The molecule has 0 aromatic heterocycles. The predicted octanol–water partition coefficient (Wildman–Crippen LogP) is 10.2. The van der Waals surface area contributed by atoms with Crippen LogP contribution in [0.4, 0.5) is 0 Å². The van der Waals surface area contributed by atoms with Gasteiger partial charge < -0.3 is 29.7 Å². The Morgan fingerprint density at radius 1 is 0.603 bits per heavy atom. The number of aliphatic hydroxyl groups excluding tert-OH is 3. The molecule has 0 aliphatic carbocycles. The summed E-state index contributed by atoms with van der Waals surface area (Å²) in [4.78, 5) is 35.0. The Morgan fingerprint density at radius 3 is 1.81 bits per heavy atom. The Morgan fingerprint density at radius 2 is 1.16 bits per heavy atom. The number of allylic oxidation sites excluding steroid dienone is 14. The first-order valence-corrected chi connectivity index (χ1v) is 22.8. The van der Waals surface area contributed by atoms with Crippen LogP contribution in [0.3, 0.4) is 0 Å². The summed E-state index contributed by atoms with van der Waals surface area (Å²) in [5, 5.41) is 28.3. The van der Waals surface area contributed by atoms with E-state index in [2.05, 4.69) is 73.1 Å². The summed E-state index contributed by atoms with van der Waals surface area (Å²) < 4.78 is 32.6. The molecule has 0 radical (unpaired) electrons. The number of ether oxygens (including phenoxy) is 2. The molecule has 4 N–H and O–H groups in total. The fraction of sp³-hybridized carbons (Fsp3) is 0.609. The minimum atomic E-state index is -4.66. The van der Waals surface area contributed by atoms with Gasteiger partial charge in [0.1, 0.15) is 12.7 Å². The summed E-state index contributed by atoms with van der Waals surface area (Å²) in [6.45, 7) is 2.03. The quantitative estimate of drug-likeness (QED) is 0.0154. The maximum Gasteiger partial charge on any atom is 0.472 e. The van der Waals surface area contributed by atoms with E-state index >= 15 is 0 Å². The Kier molecular flexibility index (Phi) is 38.4. The van der Waals surface area contributed by atoms with Gasteiger partial charge in [0.15, 0.2) is 6.10 Å². The topological polar surface area (TPSA) is 169 Å². The van der Waals surface area contributed by atoms with Gasteiger partial charge in [-0.3, -0.25) is 18.6 Å². The molecule has 0 bridgehead atoms. The third-order valence-corrected chi connectivity index (χ3v) is 9.25. The zero-order valence-electron chi connectivity index (χ0n) is 35.3. The Bertz CT molecular complexity index is 1300. The molecule has 0 amide bonds. The molecular formula is C46H75O11P. The van der Waals surface area contributed by atoms with Gasteiger partial charge in [-0.05, 0) is 83.5 Å². The molecule has 12 heteroatoms. The van der Waals surface area contributed by atoms with Crippen molar-refractivity contribution in [3.05, 3.63) is 97.2 Å². The smallest absolute Gasteiger partial charge is 0.462 e. The zero-order valence-corrected chi connectivity index (χ0v) is 36.2. The summed E-state index contributed by atoms with van der Waals surface area (Å²) >= 11 is 0. The molecule has 0 saturated heterocycles. The number of carbonyl (C=O) groups excluding carboxylic acids is 2. The second-order valence-electron chi connectivity index (χ2n) is 13.8. The average Bonchev–Trinajstić information content (AvgIpc) is 3.21. The van der Waals surface area contributed by atoms with Crippen molar-refractivity contribution in [3.63, 3.8) is 0 Å². The van der Waals surface area contributed by atoms with E-state index in [-0.39, 0.29) is 19.4 Å². The van der Waals surface area contributed by atoms with Crippen LogP contribution in [0, 0.1) is 0 Å². The maximum absolute atomic E-state index is 12.6. The van der Waals surface area contributed by atoms with Crippen LogP contribution in [0.5, 0.6) is 0 Å². The lowest BCUT2D eigenvalue weighted by Crippen LogP contribution is -2.29. The third kappa shape index (κ3) is 39.7. The molecule has 0 spiro atoms. The molecule has 0 fully saturated rings.